The lowest BCUT2D eigenvalue weighted by Gasteiger charge is -2.33. The van der Waals surface area contributed by atoms with E-state index in [0.717, 1.165) is 6.07 Å². The summed E-state index contributed by atoms with van der Waals surface area (Å²) in [5.74, 6) is -0.991. The third kappa shape index (κ3) is 5.44. The molecule has 1 saturated heterocycles. The number of piperidine rings is 1. The average Bonchev–Trinajstić information content (AvgIpc) is 3.14. The van der Waals surface area contributed by atoms with Crippen molar-refractivity contribution in [2.45, 2.75) is 45.0 Å². The molecule has 0 saturated carbocycles. The number of aromatic nitrogens is 3. The van der Waals surface area contributed by atoms with E-state index >= 15 is 0 Å². The van der Waals surface area contributed by atoms with E-state index < -0.39 is 23.4 Å². The molecule has 4 rings (SSSR count). The standard InChI is InChI=1S/C22H23F5N4O.ClH/c1-2-32-13-19-28-29-21-20(22(25,26)27)15(7-10-31(19)21)12-30-8-5-14(6-9-30)17-4-3-16(23)11-18(17)24;/h3-4,7,10-11,14H,2,5-6,8-9,12-13H2,1H3;1H. The summed E-state index contributed by atoms with van der Waals surface area (Å²) in [6.45, 7) is 3.38. The minimum absolute atomic E-state index is 0. The third-order valence-corrected chi connectivity index (χ3v) is 5.84. The van der Waals surface area contributed by atoms with Crippen LogP contribution in [0.15, 0.2) is 30.5 Å². The number of nitrogens with zero attached hydrogens (tertiary/aromatic N) is 4. The van der Waals surface area contributed by atoms with Crippen molar-refractivity contribution < 1.29 is 26.7 Å². The van der Waals surface area contributed by atoms with Crippen LogP contribution < -0.4 is 0 Å². The van der Waals surface area contributed by atoms with Gasteiger partial charge in [0.15, 0.2) is 11.5 Å². The third-order valence-electron chi connectivity index (χ3n) is 5.84. The minimum atomic E-state index is -4.59. The molecule has 11 heteroatoms. The molecule has 0 radical (unpaired) electrons. The Labute approximate surface area is 194 Å². The highest BCUT2D eigenvalue weighted by Crippen LogP contribution is 2.37. The first-order valence-corrected chi connectivity index (χ1v) is 10.5. The first kappa shape index (κ1) is 25.3. The highest BCUT2D eigenvalue weighted by Gasteiger charge is 2.38. The van der Waals surface area contributed by atoms with Gasteiger partial charge in [0.2, 0.25) is 0 Å². The largest absolute Gasteiger partial charge is 0.420 e. The first-order chi connectivity index (χ1) is 15.3. The van der Waals surface area contributed by atoms with Crippen molar-refractivity contribution in [3.8, 4) is 0 Å². The van der Waals surface area contributed by atoms with Crippen LogP contribution in [0.5, 0.6) is 0 Å². The summed E-state index contributed by atoms with van der Waals surface area (Å²) in [7, 11) is 0. The Kier molecular flexibility index (Phi) is 7.92. The number of halogens is 6. The lowest BCUT2D eigenvalue weighted by Crippen LogP contribution is -2.33. The summed E-state index contributed by atoms with van der Waals surface area (Å²) in [6, 6.07) is 4.99. The van der Waals surface area contributed by atoms with Gasteiger partial charge in [-0.3, -0.25) is 9.30 Å². The van der Waals surface area contributed by atoms with Crippen LogP contribution in [-0.2, 0) is 24.1 Å². The van der Waals surface area contributed by atoms with Crippen LogP contribution in [-0.4, -0.2) is 39.2 Å². The number of benzene rings is 1. The van der Waals surface area contributed by atoms with Crippen LogP contribution in [0.3, 0.4) is 0 Å². The molecule has 33 heavy (non-hydrogen) atoms. The molecule has 1 fully saturated rings. The van der Waals surface area contributed by atoms with E-state index in [1.165, 1.54) is 28.8 Å². The summed E-state index contributed by atoms with van der Waals surface area (Å²) in [4.78, 5) is 1.91. The Hall–Kier alpha value is -2.30. The molecule has 5 nitrogen and oxygen atoms in total. The smallest absolute Gasteiger partial charge is 0.374 e. The number of fused-ring (bicyclic) bond motifs is 1. The molecule has 1 aromatic carbocycles. The lowest BCUT2D eigenvalue weighted by atomic mass is 9.89. The molecule has 0 amide bonds. The van der Waals surface area contributed by atoms with Crippen molar-refractivity contribution in [2.75, 3.05) is 19.7 Å². The van der Waals surface area contributed by atoms with E-state index in [-0.39, 0.29) is 42.7 Å². The van der Waals surface area contributed by atoms with Crippen molar-refractivity contribution in [1.29, 1.82) is 0 Å². The van der Waals surface area contributed by atoms with Gasteiger partial charge >= 0.3 is 6.18 Å². The van der Waals surface area contributed by atoms with Crippen molar-refractivity contribution in [1.82, 2.24) is 19.5 Å². The number of rotatable bonds is 6. The molecule has 0 bridgehead atoms. The molecule has 0 unspecified atom stereocenters. The van der Waals surface area contributed by atoms with Crippen molar-refractivity contribution in [3.05, 3.63) is 64.6 Å². The number of likely N-dealkylation sites (tertiary alicyclic amines) is 1. The molecule has 3 aromatic rings. The highest BCUT2D eigenvalue weighted by atomic mass is 35.5. The molecule has 0 atom stereocenters. The molecule has 0 N–H and O–H groups in total. The van der Waals surface area contributed by atoms with Gasteiger partial charge in [-0.1, -0.05) is 6.07 Å². The molecule has 0 aliphatic carbocycles. The Morgan fingerprint density at radius 3 is 2.45 bits per heavy atom. The van der Waals surface area contributed by atoms with E-state index in [1.807, 2.05) is 4.90 Å². The van der Waals surface area contributed by atoms with Crippen LogP contribution in [0.2, 0.25) is 0 Å². The molecule has 1 aliphatic heterocycles. The molecule has 3 heterocycles. The number of ether oxygens (including phenoxy) is 1. The van der Waals surface area contributed by atoms with E-state index in [4.69, 9.17) is 4.74 Å². The number of pyridine rings is 1. The Morgan fingerprint density at radius 2 is 1.82 bits per heavy atom. The Balaban J connectivity index is 0.00000306. The maximum atomic E-state index is 14.1. The fourth-order valence-corrected chi connectivity index (χ4v) is 4.25. The SMILES string of the molecule is CCOCc1nnc2c(C(F)(F)F)c(CN3CCC(c4ccc(F)cc4F)CC3)ccn12.Cl. The fraction of sp³-hybridized carbons (Fsp3) is 0.455. The number of hydrogen-bond donors (Lipinski definition) is 0. The second-order valence-corrected chi connectivity index (χ2v) is 7.88. The maximum absolute atomic E-state index is 14.1. The van der Waals surface area contributed by atoms with Gasteiger partial charge in [0.1, 0.15) is 23.8 Å². The number of hydrogen-bond acceptors (Lipinski definition) is 4. The normalized spacial score (nSPS) is 15.7. The van der Waals surface area contributed by atoms with Gasteiger partial charge in [-0.15, -0.1) is 22.6 Å². The van der Waals surface area contributed by atoms with Crippen molar-refractivity contribution in [2.24, 2.45) is 0 Å². The van der Waals surface area contributed by atoms with Gasteiger partial charge in [-0.2, -0.15) is 13.2 Å². The monoisotopic (exact) mass is 490 g/mol. The predicted molar refractivity (Wildman–Crippen MR) is 114 cm³/mol. The van der Waals surface area contributed by atoms with Gasteiger partial charge in [0.05, 0.1) is 0 Å². The lowest BCUT2D eigenvalue weighted by molar-refractivity contribution is -0.137. The first-order valence-electron chi connectivity index (χ1n) is 10.5. The van der Waals surface area contributed by atoms with Crippen molar-refractivity contribution in [3.63, 3.8) is 0 Å². The Morgan fingerprint density at radius 1 is 1.09 bits per heavy atom. The summed E-state index contributed by atoms with van der Waals surface area (Å²) in [5.41, 5.74) is -0.476. The molecule has 180 valence electrons. The second-order valence-electron chi connectivity index (χ2n) is 7.88. The Bertz CT molecular complexity index is 1100. The zero-order chi connectivity index (χ0) is 22.9. The summed E-state index contributed by atoms with van der Waals surface area (Å²) in [5, 5.41) is 7.65. The van der Waals surface area contributed by atoms with Gasteiger partial charge in [0, 0.05) is 25.4 Å². The van der Waals surface area contributed by atoms with Crippen molar-refractivity contribution >= 4 is 18.1 Å². The highest BCUT2D eigenvalue weighted by molar-refractivity contribution is 5.85. The molecular weight excluding hydrogens is 467 g/mol. The van der Waals surface area contributed by atoms with Crippen LogP contribution in [0.25, 0.3) is 5.65 Å². The van der Waals surface area contributed by atoms with Crippen LogP contribution in [0.4, 0.5) is 22.0 Å². The van der Waals surface area contributed by atoms with Gasteiger partial charge in [-0.05, 0) is 62.0 Å². The zero-order valence-electron chi connectivity index (χ0n) is 17.9. The van der Waals surface area contributed by atoms with Crippen LogP contribution in [0, 0.1) is 11.6 Å². The summed E-state index contributed by atoms with van der Waals surface area (Å²) in [6.07, 6.45) is -1.90. The average molecular weight is 491 g/mol. The van der Waals surface area contributed by atoms with Gasteiger partial charge in [-0.25, -0.2) is 8.78 Å². The quantitative estimate of drug-likeness (QED) is 0.436. The number of alkyl halides is 3. The summed E-state index contributed by atoms with van der Waals surface area (Å²) >= 11 is 0. The summed E-state index contributed by atoms with van der Waals surface area (Å²) < 4.78 is 75.7. The maximum Gasteiger partial charge on any atom is 0.420 e. The molecule has 1 aliphatic rings. The predicted octanol–water partition coefficient (Wildman–Crippen LogP) is 5.36. The van der Waals surface area contributed by atoms with E-state index in [2.05, 4.69) is 10.2 Å². The molecule has 2 aromatic heterocycles. The van der Waals surface area contributed by atoms with Crippen LogP contribution >= 0.6 is 12.4 Å². The van der Waals surface area contributed by atoms with Crippen LogP contribution in [0.1, 0.15) is 48.2 Å². The molecule has 0 spiro atoms. The zero-order valence-corrected chi connectivity index (χ0v) is 18.7. The second kappa shape index (κ2) is 10.3. The van der Waals surface area contributed by atoms with Gasteiger partial charge < -0.3 is 4.74 Å². The van der Waals surface area contributed by atoms with E-state index in [1.54, 1.807) is 6.92 Å². The van der Waals surface area contributed by atoms with E-state index in [9.17, 15) is 22.0 Å². The van der Waals surface area contributed by atoms with E-state index in [0.29, 0.717) is 43.9 Å². The fourth-order valence-electron chi connectivity index (χ4n) is 4.25. The molecular formula is C22H24ClF5N4O. The van der Waals surface area contributed by atoms with Gasteiger partial charge in [0.25, 0.3) is 0 Å². The topological polar surface area (TPSA) is 42.7 Å². The minimum Gasteiger partial charge on any atom is -0.374 e.